The second kappa shape index (κ2) is 6.76. The van der Waals surface area contributed by atoms with Crippen LogP contribution in [0.1, 0.15) is 10.4 Å². The Morgan fingerprint density at radius 3 is 2.30 bits per heavy atom. The Hall–Kier alpha value is -0.120. The summed E-state index contributed by atoms with van der Waals surface area (Å²) < 4.78 is 3.22. The van der Waals surface area contributed by atoms with Gasteiger partial charge in [-0.3, -0.25) is 4.79 Å². The van der Waals surface area contributed by atoms with Crippen LogP contribution in [0.4, 0.5) is 5.69 Å². The fraction of sp³-hybridized carbons (Fsp3) is 0. The average Bonchev–Trinajstić information content (AvgIpc) is 2.36. The van der Waals surface area contributed by atoms with Crippen molar-refractivity contribution in [2.45, 2.75) is 0 Å². The second-order valence-corrected chi connectivity index (χ2v) is 7.73. The van der Waals surface area contributed by atoms with Gasteiger partial charge in [-0.25, -0.2) is 0 Å². The zero-order chi connectivity index (χ0) is 14.9. The minimum absolute atomic E-state index is 0.0488. The molecule has 0 radical (unpaired) electrons. The Labute approximate surface area is 154 Å². The van der Waals surface area contributed by atoms with E-state index in [1.807, 2.05) is 12.1 Å². The second-order valence-electron chi connectivity index (χ2n) is 3.86. The van der Waals surface area contributed by atoms with Crippen LogP contribution in [-0.2, 0) is 0 Å². The first-order valence-electron chi connectivity index (χ1n) is 5.33. The number of carbonyl (C=O) groups excluding carboxylic acids is 1. The van der Waals surface area contributed by atoms with E-state index in [4.69, 9.17) is 0 Å². The molecule has 0 saturated heterocycles. The van der Waals surface area contributed by atoms with Gasteiger partial charge in [-0.05, 0) is 84.8 Å². The largest absolute Gasteiger partial charge is 0.507 e. The maximum atomic E-state index is 12.2. The number of benzene rings is 2. The summed E-state index contributed by atoms with van der Waals surface area (Å²) in [7, 11) is 0. The molecule has 2 aromatic carbocycles. The highest BCUT2D eigenvalue weighted by molar-refractivity contribution is 14.1. The van der Waals surface area contributed by atoms with Crippen LogP contribution in [0, 0.1) is 3.57 Å². The topological polar surface area (TPSA) is 49.3 Å². The van der Waals surface area contributed by atoms with E-state index in [9.17, 15) is 9.90 Å². The predicted octanol–water partition coefficient (Wildman–Crippen LogP) is 5.54. The molecular formula is C13H7Br3INO2. The molecule has 0 aliphatic carbocycles. The highest BCUT2D eigenvalue weighted by Gasteiger charge is 2.15. The monoisotopic (exact) mass is 573 g/mol. The van der Waals surface area contributed by atoms with Crippen molar-refractivity contribution < 1.29 is 9.90 Å². The van der Waals surface area contributed by atoms with Crippen molar-refractivity contribution in [3.05, 3.63) is 52.9 Å². The fourth-order valence-electron chi connectivity index (χ4n) is 1.53. The lowest BCUT2D eigenvalue weighted by Crippen LogP contribution is -2.13. The summed E-state index contributed by atoms with van der Waals surface area (Å²) >= 11 is 12.2. The fourth-order valence-corrected chi connectivity index (χ4v) is 4.48. The number of anilines is 1. The van der Waals surface area contributed by atoms with Crippen LogP contribution in [0.15, 0.2) is 43.7 Å². The van der Waals surface area contributed by atoms with Gasteiger partial charge < -0.3 is 10.4 Å². The molecule has 0 fully saturated rings. The molecule has 0 unspecified atom stereocenters. The summed E-state index contributed by atoms with van der Waals surface area (Å²) in [4.78, 5) is 12.2. The lowest BCUT2D eigenvalue weighted by atomic mass is 10.2. The van der Waals surface area contributed by atoms with Crippen molar-refractivity contribution >= 4 is 82.0 Å². The van der Waals surface area contributed by atoms with Gasteiger partial charge in [0.15, 0.2) is 0 Å². The number of carbonyl (C=O) groups is 1. The van der Waals surface area contributed by atoms with E-state index in [2.05, 4.69) is 75.7 Å². The van der Waals surface area contributed by atoms with Crippen LogP contribution >= 0.6 is 70.4 Å². The molecule has 0 spiro atoms. The number of phenolic OH excluding ortho intramolecular Hbond substituents is 1. The number of phenols is 1. The number of halogens is 4. The van der Waals surface area contributed by atoms with Crippen molar-refractivity contribution in [2.75, 3.05) is 5.32 Å². The van der Waals surface area contributed by atoms with Crippen molar-refractivity contribution in [1.82, 2.24) is 0 Å². The summed E-state index contributed by atoms with van der Waals surface area (Å²) in [5, 5.41) is 12.5. The van der Waals surface area contributed by atoms with Crippen LogP contribution in [0.2, 0.25) is 0 Å². The number of amides is 1. The maximum Gasteiger partial charge on any atom is 0.259 e. The molecule has 2 rings (SSSR count). The SMILES string of the molecule is O=C(Nc1c(Br)cc(Br)cc1Br)c1cc(I)ccc1O. The minimum atomic E-state index is -0.371. The van der Waals surface area contributed by atoms with E-state index < -0.39 is 0 Å². The van der Waals surface area contributed by atoms with Gasteiger partial charge in [0.25, 0.3) is 5.91 Å². The van der Waals surface area contributed by atoms with Gasteiger partial charge in [0.1, 0.15) is 5.75 Å². The van der Waals surface area contributed by atoms with Gasteiger partial charge in [0.2, 0.25) is 0 Å². The van der Waals surface area contributed by atoms with Crippen LogP contribution in [0.3, 0.4) is 0 Å². The summed E-state index contributed by atoms with van der Waals surface area (Å²) in [5.41, 5.74) is 0.843. The molecule has 3 nitrogen and oxygen atoms in total. The molecular weight excluding hydrogens is 569 g/mol. The molecule has 1 amide bonds. The third-order valence-electron chi connectivity index (χ3n) is 2.45. The summed E-state index contributed by atoms with van der Waals surface area (Å²) in [6.45, 7) is 0. The third kappa shape index (κ3) is 3.75. The molecule has 2 aromatic rings. The van der Waals surface area contributed by atoms with Gasteiger partial charge >= 0.3 is 0 Å². The maximum absolute atomic E-state index is 12.2. The Kier molecular flexibility index (Phi) is 5.49. The average molecular weight is 576 g/mol. The van der Waals surface area contributed by atoms with Gasteiger partial charge in [0, 0.05) is 17.0 Å². The number of aromatic hydroxyl groups is 1. The molecule has 0 aromatic heterocycles. The summed E-state index contributed by atoms with van der Waals surface area (Å²) in [5.74, 6) is -0.419. The number of rotatable bonds is 2. The third-order valence-corrected chi connectivity index (χ3v) is 4.83. The highest BCUT2D eigenvalue weighted by atomic mass is 127. The van der Waals surface area contributed by atoms with E-state index in [1.165, 1.54) is 6.07 Å². The van der Waals surface area contributed by atoms with E-state index in [0.29, 0.717) is 5.69 Å². The molecule has 104 valence electrons. The van der Waals surface area contributed by atoms with E-state index in [0.717, 1.165) is 17.0 Å². The molecule has 0 bridgehead atoms. The van der Waals surface area contributed by atoms with Gasteiger partial charge in [-0.2, -0.15) is 0 Å². The molecule has 20 heavy (non-hydrogen) atoms. The predicted molar refractivity (Wildman–Crippen MR) is 98.3 cm³/mol. The molecule has 0 aliphatic heterocycles. The molecule has 2 N–H and O–H groups in total. The first-order valence-corrected chi connectivity index (χ1v) is 8.78. The van der Waals surface area contributed by atoms with Crippen LogP contribution in [-0.4, -0.2) is 11.0 Å². The van der Waals surface area contributed by atoms with E-state index in [1.54, 1.807) is 12.1 Å². The molecule has 0 aliphatic rings. The molecule has 0 atom stereocenters. The zero-order valence-electron chi connectivity index (χ0n) is 9.75. The minimum Gasteiger partial charge on any atom is -0.507 e. The Morgan fingerprint density at radius 2 is 1.70 bits per heavy atom. The lowest BCUT2D eigenvalue weighted by Gasteiger charge is -2.11. The smallest absolute Gasteiger partial charge is 0.259 e. The number of hydrogen-bond donors (Lipinski definition) is 2. The Bertz CT molecular complexity index is 668. The van der Waals surface area contributed by atoms with Crippen LogP contribution in [0.25, 0.3) is 0 Å². The van der Waals surface area contributed by atoms with Crippen LogP contribution in [0.5, 0.6) is 5.75 Å². The van der Waals surface area contributed by atoms with Gasteiger partial charge in [-0.1, -0.05) is 15.9 Å². The quantitative estimate of drug-likeness (QED) is 0.463. The van der Waals surface area contributed by atoms with Crippen molar-refractivity contribution in [2.24, 2.45) is 0 Å². The Balaban J connectivity index is 2.35. The first kappa shape index (κ1) is 16.3. The standard InChI is InChI=1S/C13H7Br3INO2/c14-6-3-9(15)12(10(16)4-6)18-13(20)8-5-7(17)1-2-11(8)19/h1-5,19H,(H,18,20). The van der Waals surface area contributed by atoms with Crippen molar-refractivity contribution in [1.29, 1.82) is 0 Å². The summed E-state index contributed by atoms with van der Waals surface area (Å²) in [6, 6.07) is 8.52. The molecule has 7 heteroatoms. The lowest BCUT2D eigenvalue weighted by molar-refractivity contribution is 0.102. The van der Waals surface area contributed by atoms with Gasteiger partial charge in [0.05, 0.1) is 11.3 Å². The molecule has 0 saturated carbocycles. The molecule has 0 heterocycles. The number of hydrogen-bond acceptors (Lipinski definition) is 2. The normalized spacial score (nSPS) is 10.4. The Morgan fingerprint density at radius 1 is 1.10 bits per heavy atom. The van der Waals surface area contributed by atoms with E-state index >= 15 is 0 Å². The van der Waals surface area contributed by atoms with Crippen molar-refractivity contribution in [3.63, 3.8) is 0 Å². The highest BCUT2D eigenvalue weighted by Crippen LogP contribution is 2.35. The van der Waals surface area contributed by atoms with E-state index in [-0.39, 0.29) is 17.2 Å². The van der Waals surface area contributed by atoms with Crippen LogP contribution < -0.4 is 5.32 Å². The van der Waals surface area contributed by atoms with Gasteiger partial charge in [-0.15, -0.1) is 0 Å². The zero-order valence-corrected chi connectivity index (χ0v) is 16.7. The first-order chi connectivity index (χ1) is 9.38. The number of nitrogens with one attached hydrogen (secondary N) is 1. The summed E-state index contributed by atoms with van der Waals surface area (Å²) in [6.07, 6.45) is 0. The van der Waals surface area contributed by atoms with Crippen molar-refractivity contribution in [3.8, 4) is 5.75 Å².